The molecule has 1 unspecified atom stereocenters. The molecule has 1 heterocycles. The zero-order valence-corrected chi connectivity index (χ0v) is 14.9. The van der Waals surface area contributed by atoms with E-state index in [1.54, 1.807) is 0 Å². The zero-order chi connectivity index (χ0) is 14.4. The lowest BCUT2D eigenvalue weighted by molar-refractivity contribution is 0.110. The number of rotatable bonds is 7. The number of hydrogen-bond acceptors (Lipinski definition) is 3. The number of ether oxygens (including phenoxy) is 2. The summed E-state index contributed by atoms with van der Waals surface area (Å²) in [7, 11) is 0. The van der Waals surface area contributed by atoms with Gasteiger partial charge in [-0.1, -0.05) is 22.9 Å². The van der Waals surface area contributed by atoms with Gasteiger partial charge in [-0.05, 0) is 47.3 Å². The Morgan fingerprint density at radius 2 is 2.25 bits per heavy atom. The molecule has 1 aliphatic rings. The Morgan fingerprint density at radius 1 is 1.40 bits per heavy atom. The van der Waals surface area contributed by atoms with E-state index >= 15 is 0 Å². The normalized spacial score (nSPS) is 18.4. The van der Waals surface area contributed by atoms with Gasteiger partial charge in [-0.25, -0.2) is 0 Å². The highest BCUT2D eigenvalue weighted by molar-refractivity contribution is 9.11. The van der Waals surface area contributed by atoms with E-state index in [2.05, 4.69) is 50.2 Å². The van der Waals surface area contributed by atoms with E-state index in [1.165, 1.54) is 6.42 Å². The number of nitrogens with one attached hydrogen (secondary N) is 1. The Hall–Kier alpha value is -0.100. The van der Waals surface area contributed by atoms with Gasteiger partial charge in [0, 0.05) is 29.7 Å². The van der Waals surface area contributed by atoms with Gasteiger partial charge in [0.15, 0.2) is 0 Å². The van der Waals surface area contributed by atoms with Crippen molar-refractivity contribution in [3.8, 4) is 5.75 Å². The van der Waals surface area contributed by atoms with Crippen LogP contribution in [0.3, 0.4) is 0 Å². The van der Waals surface area contributed by atoms with Gasteiger partial charge in [0.25, 0.3) is 0 Å². The van der Waals surface area contributed by atoms with E-state index < -0.39 is 0 Å². The van der Waals surface area contributed by atoms with Crippen LogP contribution in [-0.2, 0) is 11.3 Å². The second-order valence-corrected chi connectivity index (χ2v) is 6.76. The molecule has 20 heavy (non-hydrogen) atoms. The zero-order valence-electron chi connectivity index (χ0n) is 11.8. The fraction of sp³-hybridized carbons (Fsp3) is 0.600. The molecule has 2 rings (SSSR count). The van der Waals surface area contributed by atoms with E-state index in [9.17, 15) is 0 Å². The van der Waals surface area contributed by atoms with Crippen molar-refractivity contribution in [1.29, 1.82) is 0 Å². The fourth-order valence-corrected chi connectivity index (χ4v) is 3.71. The molecule has 0 saturated carbocycles. The summed E-state index contributed by atoms with van der Waals surface area (Å²) in [6, 6.07) is 4.13. The van der Waals surface area contributed by atoms with Crippen molar-refractivity contribution in [2.24, 2.45) is 0 Å². The summed E-state index contributed by atoms with van der Waals surface area (Å²) in [6.07, 6.45) is 3.71. The van der Waals surface area contributed by atoms with Gasteiger partial charge in [0.2, 0.25) is 0 Å². The minimum Gasteiger partial charge on any atom is -0.492 e. The third-order valence-corrected chi connectivity index (χ3v) is 4.29. The number of hydrogen-bond donors (Lipinski definition) is 1. The first-order valence-corrected chi connectivity index (χ1v) is 8.72. The summed E-state index contributed by atoms with van der Waals surface area (Å²) in [4.78, 5) is 0. The van der Waals surface area contributed by atoms with E-state index in [0.717, 1.165) is 59.4 Å². The highest BCUT2D eigenvalue weighted by Gasteiger charge is 2.15. The summed E-state index contributed by atoms with van der Waals surface area (Å²) in [5.41, 5.74) is 1.16. The third kappa shape index (κ3) is 4.72. The highest BCUT2D eigenvalue weighted by Crippen LogP contribution is 2.33. The molecule has 0 spiro atoms. The van der Waals surface area contributed by atoms with Gasteiger partial charge >= 0.3 is 0 Å². The minimum atomic E-state index is 0.366. The molecular formula is C15H21Br2NO2. The van der Waals surface area contributed by atoms with Crippen LogP contribution in [0.25, 0.3) is 0 Å². The predicted octanol–water partition coefficient (Wildman–Crippen LogP) is 4.27. The highest BCUT2D eigenvalue weighted by atomic mass is 79.9. The maximum atomic E-state index is 5.86. The quantitative estimate of drug-likeness (QED) is 0.733. The Bertz CT molecular complexity index is 434. The van der Waals surface area contributed by atoms with E-state index in [-0.39, 0.29) is 0 Å². The van der Waals surface area contributed by atoms with Crippen LogP contribution in [0.4, 0.5) is 0 Å². The largest absolute Gasteiger partial charge is 0.492 e. The van der Waals surface area contributed by atoms with Crippen LogP contribution in [-0.4, -0.2) is 25.9 Å². The molecule has 5 heteroatoms. The second-order valence-electron chi connectivity index (χ2n) is 4.99. The van der Waals surface area contributed by atoms with Crippen molar-refractivity contribution in [2.75, 3.05) is 19.8 Å². The van der Waals surface area contributed by atoms with Gasteiger partial charge in [0.05, 0.1) is 17.2 Å². The van der Waals surface area contributed by atoms with Crippen LogP contribution in [0.1, 0.15) is 31.7 Å². The van der Waals surface area contributed by atoms with Crippen molar-refractivity contribution >= 4 is 31.9 Å². The monoisotopic (exact) mass is 405 g/mol. The standard InChI is InChI=1S/C15H21Br2NO2/c1-2-5-20-15-11(7-12(16)8-14(15)17)9-18-10-13-4-3-6-19-13/h7-8,13,18H,2-6,9-10H2,1H3. The Balaban J connectivity index is 1.96. The Kier molecular flexibility index (Phi) is 6.81. The predicted molar refractivity (Wildman–Crippen MR) is 88.3 cm³/mol. The molecule has 3 nitrogen and oxygen atoms in total. The molecule has 1 aromatic carbocycles. The smallest absolute Gasteiger partial charge is 0.138 e. The maximum Gasteiger partial charge on any atom is 0.138 e. The number of halogens is 2. The van der Waals surface area contributed by atoms with Gasteiger partial charge < -0.3 is 14.8 Å². The lowest BCUT2D eigenvalue weighted by Crippen LogP contribution is -2.26. The summed E-state index contributed by atoms with van der Waals surface area (Å²) < 4.78 is 13.5. The maximum absolute atomic E-state index is 5.86. The van der Waals surface area contributed by atoms with Crippen LogP contribution in [0, 0.1) is 0 Å². The summed E-state index contributed by atoms with van der Waals surface area (Å²) in [5.74, 6) is 0.940. The molecule has 1 atom stereocenters. The molecule has 0 radical (unpaired) electrons. The Labute approximate surface area is 137 Å². The molecule has 1 aliphatic heterocycles. The molecular weight excluding hydrogens is 386 g/mol. The molecule has 0 aromatic heterocycles. The van der Waals surface area contributed by atoms with Gasteiger partial charge in [-0.3, -0.25) is 0 Å². The van der Waals surface area contributed by atoms with Crippen molar-refractivity contribution < 1.29 is 9.47 Å². The first kappa shape index (κ1) is 16.3. The van der Waals surface area contributed by atoms with E-state index in [0.29, 0.717) is 6.10 Å². The minimum absolute atomic E-state index is 0.366. The molecule has 0 aliphatic carbocycles. The molecule has 1 aromatic rings. The fourth-order valence-electron chi connectivity index (χ4n) is 2.28. The van der Waals surface area contributed by atoms with Crippen LogP contribution < -0.4 is 10.1 Å². The van der Waals surface area contributed by atoms with Crippen molar-refractivity contribution in [2.45, 2.75) is 38.8 Å². The summed E-state index contributed by atoms with van der Waals surface area (Å²) >= 11 is 7.11. The van der Waals surface area contributed by atoms with Gasteiger partial charge in [0.1, 0.15) is 5.75 Å². The lowest BCUT2D eigenvalue weighted by atomic mass is 10.2. The van der Waals surface area contributed by atoms with Gasteiger partial charge in [-0.15, -0.1) is 0 Å². The van der Waals surface area contributed by atoms with Crippen molar-refractivity contribution in [3.05, 3.63) is 26.6 Å². The molecule has 1 N–H and O–H groups in total. The molecule has 0 bridgehead atoms. The Morgan fingerprint density at radius 3 is 2.95 bits per heavy atom. The summed E-state index contributed by atoms with van der Waals surface area (Å²) in [6.45, 7) is 5.44. The van der Waals surface area contributed by atoms with Crippen molar-refractivity contribution in [1.82, 2.24) is 5.32 Å². The molecule has 0 amide bonds. The van der Waals surface area contributed by atoms with Crippen molar-refractivity contribution in [3.63, 3.8) is 0 Å². The van der Waals surface area contributed by atoms with Crippen LogP contribution in [0.2, 0.25) is 0 Å². The van der Waals surface area contributed by atoms with Crippen LogP contribution in [0.5, 0.6) is 5.75 Å². The summed E-state index contributed by atoms with van der Waals surface area (Å²) in [5, 5.41) is 3.47. The first-order valence-electron chi connectivity index (χ1n) is 7.13. The number of benzene rings is 1. The average Bonchev–Trinajstić information content (AvgIpc) is 2.91. The van der Waals surface area contributed by atoms with Gasteiger partial charge in [-0.2, -0.15) is 0 Å². The lowest BCUT2D eigenvalue weighted by Gasteiger charge is -2.16. The molecule has 1 saturated heterocycles. The second kappa shape index (κ2) is 8.37. The molecule has 112 valence electrons. The topological polar surface area (TPSA) is 30.5 Å². The first-order chi connectivity index (χ1) is 9.70. The van der Waals surface area contributed by atoms with E-state index in [4.69, 9.17) is 9.47 Å². The molecule has 1 fully saturated rings. The SMILES string of the molecule is CCCOc1c(Br)cc(Br)cc1CNCC1CCCO1. The third-order valence-electron chi connectivity index (χ3n) is 3.25. The van der Waals surface area contributed by atoms with Crippen LogP contribution >= 0.6 is 31.9 Å². The average molecular weight is 407 g/mol. The van der Waals surface area contributed by atoms with Crippen LogP contribution in [0.15, 0.2) is 21.1 Å². The van der Waals surface area contributed by atoms with E-state index in [1.807, 2.05) is 6.07 Å².